The van der Waals surface area contributed by atoms with Gasteiger partial charge in [-0.25, -0.2) is 0 Å². The van der Waals surface area contributed by atoms with Crippen LogP contribution in [0.4, 0.5) is 11.4 Å². The lowest BCUT2D eigenvalue weighted by molar-refractivity contribution is -0.384. The van der Waals surface area contributed by atoms with Crippen molar-refractivity contribution in [1.82, 2.24) is 5.32 Å². The summed E-state index contributed by atoms with van der Waals surface area (Å²) in [5.41, 5.74) is 1.92. The summed E-state index contributed by atoms with van der Waals surface area (Å²) in [5, 5.41) is 14.2. The van der Waals surface area contributed by atoms with Gasteiger partial charge < -0.3 is 15.0 Å². The second kappa shape index (κ2) is 9.41. The van der Waals surface area contributed by atoms with E-state index in [2.05, 4.69) is 10.2 Å². The van der Waals surface area contributed by atoms with Gasteiger partial charge in [-0.1, -0.05) is 12.1 Å². The van der Waals surface area contributed by atoms with Gasteiger partial charge in [0.15, 0.2) is 0 Å². The number of nitrogens with zero attached hydrogens (tertiary/aromatic N) is 2. The van der Waals surface area contributed by atoms with Crippen LogP contribution >= 0.6 is 0 Å². The van der Waals surface area contributed by atoms with Crippen molar-refractivity contribution < 1.29 is 14.5 Å². The molecule has 0 aromatic heterocycles. The second-order valence-electron chi connectivity index (χ2n) is 7.21. The maximum absolute atomic E-state index is 13.1. The van der Waals surface area contributed by atoms with Crippen LogP contribution < -0.4 is 15.0 Å². The van der Waals surface area contributed by atoms with E-state index in [1.54, 1.807) is 6.07 Å². The third kappa shape index (κ3) is 5.04. The van der Waals surface area contributed by atoms with Crippen LogP contribution in [0.3, 0.4) is 0 Å². The second-order valence-corrected chi connectivity index (χ2v) is 7.21. The SMILES string of the molecule is CCOc1cccc(C(C)NC(=O)c2cc([N+](=O)[O-])ccc2N2CCCCC2)c1. The predicted molar refractivity (Wildman–Crippen MR) is 113 cm³/mol. The van der Waals surface area contributed by atoms with E-state index in [4.69, 9.17) is 4.74 Å². The highest BCUT2D eigenvalue weighted by atomic mass is 16.6. The number of benzene rings is 2. The third-order valence-electron chi connectivity index (χ3n) is 5.15. The summed E-state index contributed by atoms with van der Waals surface area (Å²) in [4.78, 5) is 26.0. The molecule has 1 atom stereocenters. The Morgan fingerprint density at radius 2 is 1.97 bits per heavy atom. The fourth-order valence-corrected chi connectivity index (χ4v) is 3.63. The Morgan fingerprint density at radius 1 is 1.21 bits per heavy atom. The van der Waals surface area contributed by atoms with Gasteiger partial charge in [0.1, 0.15) is 5.75 Å². The topological polar surface area (TPSA) is 84.7 Å². The maximum Gasteiger partial charge on any atom is 0.270 e. The number of piperidine rings is 1. The molecule has 1 N–H and O–H groups in total. The first-order chi connectivity index (χ1) is 14.0. The van der Waals surface area contributed by atoms with E-state index in [9.17, 15) is 14.9 Å². The molecule has 0 aliphatic carbocycles. The molecule has 1 amide bonds. The summed E-state index contributed by atoms with van der Waals surface area (Å²) in [7, 11) is 0. The van der Waals surface area contributed by atoms with E-state index in [1.165, 1.54) is 12.1 Å². The average molecular weight is 397 g/mol. The summed E-state index contributed by atoms with van der Waals surface area (Å²) in [6, 6.07) is 11.8. The van der Waals surface area contributed by atoms with Crippen molar-refractivity contribution >= 4 is 17.3 Å². The van der Waals surface area contributed by atoms with Crippen molar-refractivity contribution in [2.45, 2.75) is 39.2 Å². The Bertz CT molecular complexity index is 878. The number of nitro benzene ring substituents is 1. The highest BCUT2D eigenvalue weighted by molar-refractivity contribution is 6.00. The summed E-state index contributed by atoms with van der Waals surface area (Å²) in [6.45, 7) is 6.08. The molecule has 3 rings (SSSR count). The van der Waals surface area contributed by atoms with Crippen LogP contribution in [0.2, 0.25) is 0 Å². The monoisotopic (exact) mass is 397 g/mol. The molecular formula is C22H27N3O4. The van der Waals surface area contributed by atoms with E-state index in [0.717, 1.165) is 49.4 Å². The van der Waals surface area contributed by atoms with Gasteiger partial charge in [0.25, 0.3) is 11.6 Å². The normalized spacial score (nSPS) is 14.9. The van der Waals surface area contributed by atoms with Gasteiger partial charge in [-0.3, -0.25) is 14.9 Å². The lowest BCUT2D eigenvalue weighted by atomic mass is 10.0. The number of anilines is 1. The van der Waals surface area contributed by atoms with Gasteiger partial charge in [-0.05, 0) is 56.9 Å². The molecule has 0 spiro atoms. The largest absolute Gasteiger partial charge is 0.494 e. The number of nitro groups is 1. The zero-order valence-electron chi connectivity index (χ0n) is 16.9. The first-order valence-electron chi connectivity index (χ1n) is 10.1. The van der Waals surface area contributed by atoms with Gasteiger partial charge in [-0.15, -0.1) is 0 Å². The number of hydrogen-bond acceptors (Lipinski definition) is 5. The molecule has 2 aromatic carbocycles. The summed E-state index contributed by atoms with van der Waals surface area (Å²) in [6.07, 6.45) is 3.27. The number of ether oxygens (including phenoxy) is 1. The van der Waals surface area contributed by atoms with Crippen molar-refractivity contribution in [3.8, 4) is 5.75 Å². The number of non-ortho nitro benzene ring substituents is 1. The Balaban J connectivity index is 1.85. The van der Waals surface area contributed by atoms with Crippen molar-refractivity contribution in [2.75, 3.05) is 24.6 Å². The lowest BCUT2D eigenvalue weighted by Crippen LogP contribution is -2.33. The summed E-state index contributed by atoms with van der Waals surface area (Å²) >= 11 is 0. The number of rotatable bonds is 7. The molecule has 154 valence electrons. The van der Waals surface area contributed by atoms with Gasteiger partial charge >= 0.3 is 0 Å². The number of nitrogens with one attached hydrogen (secondary N) is 1. The van der Waals surface area contributed by atoms with E-state index < -0.39 is 4.92 Å². The molecule has 1 aliphatic rings. The molecular weight excluding hydrogens is 370 g/mol. The zero-order valence-corrected chi connectivity index (χ0v) is 16.9. The van der Waals surface area contributed by atoms with E-state index in [-0.39, 0.29) is 17.6 Å². The van der Waals surface area contributed by atoms with Gasteiger partial charge in [0.2, 0.25) is 0 Å². The summed E-state index contributed by atoms with van der Waals surface area (Å²) < 4.78 is 5.53. The summed E-state index contributed by atoms with van der Waals surface area (Å²) in [5.74, 6) is 0.430. The molecule has 1 saturated heterocycles. The minimum atomic E-state index is -0.467. The zero-order chi connectivity index (χ0) is 20.8. The fraction of sp³-hybridized carbons (Fsp3) is 0.409. The van der Waals surface area contributed by atoms with Crippen LogP contribution in [-0.2, 0) is 0 Å². The molecule has 0 saturated carbocycles. The first kappa shape index (κ1) is 20.6. The number of amides is 1. The van der Waals surface area contributed by atoms with Crippen molar-refractivity contribution in [3.63, 3.8) is 0 Å². The van der Waals surface area contributed by atoms with Crippen molar-refractivity contribution in [1.29, 1.82) is 0 Å². The number of carbonyl (C=O) groups excluding carboxylic acids is 1. The van der Waals surface area contributed by atoms with Crippen LogP contribution in [0.15, 0.2) is 42.5 Å². The van der Waals surface area contributed by atoms with E-state index >= 15 is 0 Å². The molecule has 29 heavy (non-hydrogen) atoms. The number of hydrogen-bond donors (Lipinski definition) is 1. The molecule has 7 heteroatoms. The molecule has 2 aromatic rings. The Labute approximate surface area is 170 Å². The van der Waals surface area contributed by atoms with Gasteiger partial charge in [-0.2, -0.15) is 0 Å². The van der Waals surface area contributed by atoms with Crippen LogP contribution in [-0.4, -0.2) is 30.5 Å². The van der Waals surface area contributed by atoms with Crippen LogP contribution in [0.5, 0.6) is 5.75 Å². The number of carbonyl (C=O) groups is 1. The Morgan fingerprint density at radius 3 is 2.66 bits per heavy atom. The van der Waals surface area contributed by atoms with Crippen LogP contribution in [0, 0.1) is 10.1 Å². The van der Waals surface area contributed by atoms with Crippen LogP contribution in [0.25, 0.3) is 0 Å². The molecule has 0 radical (unpaired) electrons. The van der Waals surface area contributed by atoms with Gasteiger partial charge in [0, 0.05) is 25.2 Å². The maximum atomic E-state index is 13.1. The standard InChI is InChI=1S/C22H27N3O4/c1-3-29-19-9-7-8-17(14-19)16(2)23-22(26)20-15-18(25(27)28)10-11-21(20)24-12-5-4-6-13-24/h7-11,14-16H,3-6,12-13H2,1-2H3,(H,23,26). The lowest BCUT2D eigenvalue weighted by Gasteiger charge is -2.30. The average Bonchev–Trinajstić information content (AvgIpc) is 2.74. The smallest absolute Gasteiger partial charge is 0.270 e. The minimum absolute atomic E-state index is 0.0816. The highest BCUT2D eigenvalue weighted by Gasteiger charge is 2.23. The fourth-order valence-electron chi connectivity index (χ4n) is 3.63. The quantitative estimate of drug-likeness (QED) is 0.550. The highest BCUT2D eigenvalue weighted by Crippen LogP contribution is 2.29. The molecule has 1 unspecified atom stereocenters. The Kier molecular flexibility index (Phi) is 6.69. The Hall–Kier alpha value is -3.09. The molecule has 1 heterocycles. The minimum Gasteiger partial charge on any atom is -0.494 e. The van der Waals surface area contributed by atoms with Crippen molar-refractivity contribution in [3.05, 3.63) is 63.7 Å². The first-order valence-corrected chi connectivity index (χ1v) is 10.1. The third-order valence-corrected chi connectivity index (χ3v) is 5.15. The van der Waals surface area contributed by atoms with E-state index in [1.807, 2.05) is 38.1 Å². The molecule has 1 aliphatic heterocycles. The predicted octanol–water partition coefficient (Wildman–Crippen LogP) is 4.47. The van der Waals surface area contributed by atoms with Crippen LogP contribution in [0.1, 0.15) is 55.1 Å². The molecule has 7 nitrogen and oxygen atoms in total. The molecule has 0 bridgehead atoms. The molecule has 1 fully saturated rings. The van der Waals surface area contributed by atoms with Gasteiger partial charge in [0.05, 0.1) is 28.8 Å². The van der Waals surface area contributed by atoms with Crippen molar-refractivity contribution in [2.24, 2.45) is 0 Å². The van der Waals surface area contributed by atoms with E-state index in [0.29, 0.717) is 12.2 Å².